The Balaban J connectivity index is 1.88. The molecule has 0 bridgehead atoms. The smallest absolute Gasteiger partial charge is 0.0566 e. The number of allylic oxidation sites excluding steroid dienone is 4. The molecular formula is C27H36Si2. The van der Waals surface area contributed by atoms with Gasteiger partial charge >= 0.3 is 0 Å². The van der Waals surface area contributed by atoms with Crippen molar-refractivity contribution in [1.29, 1.82) is 0 Å². The van der Waals surface area contributed by atoms with Crippen LogP contribution < -0.4 is 0 Å². The molecule has 0 radical (unpaired) electrons. The molecular weight excluding hydrogens is 380 g/mol. The predicted octanol–water partition coefficient (Wildman–Crippen LogP) is 8.13. The van der Waals surface area contributed by atoms with E-state index in [-0.39, 0.29) is 5.41 Å². The zero-order valence-corrected chi connectivity index (χ0v) is 21.4. The topological polar surface area (TPSA) is 0 Å². The van der Waals surface area contributed by atoms with Crippen LogP contribution in [0.4, 0.5) is 0 Å². The average molecular weight is 417 g/mol. The molecule has 2 aromatic rings. The molecule has 0 spiro atoms. The van der Waals surface area contributed by atoms with E-state index in [0.29, 0.717) is 11.1 Å². The van der Waals surface area contributed by atoms with Crippen molar-refractivity contribution in [2.24, 2.45) is 5.41 Å². The Morgan fingerprint density at radius 1 is 0.586 bits per heavy atom. The van der Waals surface area contributed by atoms with Gasteiger partial charge in [0.1, 0.15) is 0 Å². The Labute approximate surface area is 179 Å². The van der Waals surface area contributed by atoms with Crippen LogP contribution in [0.3, 0.4) is 0 Å². The molecule has 2 atom stereocenters. The minimum atomic E-state index is -1.34. The SMILES string of the molecule is CC(C)(C1=C[C@@H]([Si](C)(C)C)c2ccccc21)C1=C[C@@H]([Si](C)(C)C)c2ccccc21. The standard InChI is InChI=1S/C27H36Si2/c1-27(2,23-17-25(28(3,4)5)21-15-11-9-13-19(21)23)24-18-26(29(6,7)8)22-16-12-10-14-20(22)24/h9-18,25-26H,1-8H3/t25-,26-/m1/s1. The molecule has 0 nitrogen and oxygen atoms in total. The highest BCUT2D eigenvalue weighted by molar-refractivity contribution is 6.78. The zero-order valence-electron chi connectivity index (χ0n) is 19.4. The molecule has 2 aliphatic rings. The molecule has 29 heavy (non-hydrogen) atoms. The van der Waals surface area contributed by atoms with E-state index in [0.717, 1.165) is 0 Å². The van der Waals surface area contributed by atoms with Crippen molar-refractivity contribution in [3.8, 4) is 0 Å². The minimum absolute atomic E-state index is 0.00894. The molecule has 0 aliphatic heterocycles. The van der Waals surface area contributed by atoms with Gasteiger partial charge in [0.15, 0.2) is 0 Å². The molecule has 0 unspecified atom stereocenters. The van der Waals surface area contributed by atoms with Crippen LogP contribution in [0.25, 0.3) is 11.1 Å². The molecule has 0 amide bonds. The first-order valence-electron chi connectivity index (χ1n) is 11.1. The van der Waals surface area contributed by atoms with Crippen LogP contribution in [0, 0.1) is 5.41 Å². The summed E-state index contributed by atoms with van der Waals surface area (Å²) in [6.07, 6.45) is 5.28. The second-order valence-corrected chi connectivity index (χ2v) is 22.4. The summed E-state index contributed by atoms with van der Waals surface area (Å²) in [6, 6.07) is 18.4. The van der Waals surface area contributed by atoms with Crippen molar-refractivity contribution < 1.29 is 0 Å². The third-order valence-electron chi connectivity index (χ3n) is 7.05. The van der Waals surface area contributed by atoms with Crippen LogP contribution in [0.5, 0.6) is 0 Å². The number of fused-ring (bicyclic) bond motifs is 2. The first-order chi connectivity index (χ1) is 13.4. The summed E-state index contributed by atoms with van der Waals surface area (Å²) < 4.78 is 0. The summed E-state index contributed by atoms with van der Waals surface area (Å²) in [6.45, 7) is 19.9. The monoisotopic (exact) mass is 416 g/mol. The lowest BCUT2D eigenvalue weighted by Gasteiger charge is -2.30. The molecule has 4 rings (SSSR count). The first-order valence-corrected chi connectivity index (χ1v) is 18.2. The maximum atomic E-state index is 2.64. The minimum Gasteiger partial charge on any atom is -0.0750 e. The molecule has 0 N–H and O–H groups in total. The highest BCUT2D eigenvalue weighted by atomic mass is 28.3. The molecule has 0 heterocycles. The van der Waals surface area contributed by atoms with E-state index < -0.39 is 16.1 Å². The van der Waals surface area contributed by atoms with Gasteiger partial charge in [-0.2, -0.15) is 0 Å². The lowest BCUT2D eigenvalue weighted by molar-refractivity contribution is 0.675. The van der Waals surface area contributed by atoms with E-state index >= 15 is 0 Å². The zero-order chi connectivity index (χ0) is 21.2. The van der Waals surface area contributed by atoms with Crippen molar-refractivity contribution in [2.45, 2.75) is 64.2 Å². The maximum absolute atomic E-state index is 2.64. The van der Waals surface area contributed by atoms with Gasteiger partial charge in [-0.25, -0.2) is 0 Å². The molecule has 2 aromatic carbocycles. The van der Waals surface area contributed by atoms with Gasteiger partial charge in [-0.3, -0.25) is 0 Å². The molecule has 2 aliphatic carbocycles. The average Bonchev–Trinajstić information content (AvgIpc) is 3.21. The van der Waals surface area contributed by atoms with Crippen LogP contribution in [0.15, 0.2) is 60.7 Å². The second kappa shape index (κ2) is 6.68. The molecule has 2 heteroatoms. The van der Waals surface area contributed by atoms with Crippen molar-refractivity contribution in [3.05, 3.63) is 82.9 Å². The molecule has 152 valence electrons. The quantitative estimate of drug-likeness (QED) is 0.441. The number of hydrogen-bond donors (Lipinski definition) is 0. The van der Waals surface area contributed by atoms with Crippen LogP contribution in [0.2, 0.25) is 39.3 Å². The van der Waals surface area contributed by atoms with Gasteiger partial charge in [0.2, 0.25) is 0 Å². The van der Waals surface area contributed by atoms with Gasteiger partial charge < -0.3 is 0 Å². The normalized spacial score (nSPS) is 21.5. The Hall–Kier alpha value is -1.65. The van der Waals surface area contributed by atoms with E-state index in [1.165, 1.54) is 22.3 Å². The summed E-state index contributed by atoms with van der Waals surface area (Å²) in [5.74, 6) is 0. The number of hydrogen-bond acceptors (Lipinski definition) is 0. The summed E-state index contributed by atoms with van der Waals surface area (Å²) >= 11 is 0. The third-order valence-corrected chi connectivity index (χ3v) is 11.7. The van der Waals surface area contributed by atoms with Gasteiger partial charge in [0.25, 0.3) is 0 Å². The number of benzene rings is 2. The van der Waals surface area contributed by atoms with E-state index in [4.69, 9.17) is 0 Å². The second-order valence-electron chi connectivity index (χ2n) is 11.6. The van der Waals surface area contributed by atoms with E-state index in [1.54, 1.807) is 11.1 Å². The Kier molecular flexibility index (Phi) is 4.75. The van der Waals surface area contributed by atoms with Crippen molar-refractivity contribution >= 4 is 27.3 Å². The van der Waals surface area contributed by atoms with E-state index in [2.05, 4.69) is 114 Å². The molecule has 0 saturated heterocycles. The van der Waals surface area contributed by atoms with E-state index in [1.807, 2.05) is 0 Å². The Bertz CT molecular complexity index is 928. The molecule has 0 saturated carbocycles. The van der Waals surface area contributed by atoms with Gasteiger partial charge in [0.05, 0.1) is 16.1 Å². The fourth-order valence-corrected chi connectivity index (χ4v) is 9.09. The lowest BCUT2D eigenvalue weighted by Crippen LogP contribution is -2.28. The summed E-state index contributed by atoms with van der Waals surface area (Å²) in [5, 5.41) is 0. The molecule has 0 aromatic heterocycles. The fourth-order valence-electron chi connectivity index (χ4n) is 5.39. The highest BCUT2D eigenvalue weighted by Crippen LogP contribution is 2.56. The Morgan fingerprint density at radius 3 is 1.28 bits per heavy atom. The predicted molar refractivity (Wildman–Crippen MR) is 135 cm³/mol. The maximum Gasteiger partial charge on any atom is 0.0566 e. The van der Waals surface area contributed by atoms with Crippen molar-refractivity contribution in [3.63, 3.8) is 0 Å². The number of rotatable bonds is 4. The van der Waals surface area contributed by atoms with Crippen LogP contribution >= 0.6 is 0 Å². The summed E-state index contributed by atoms with van der Waals surface area (Å²) in [5.41, 5.74) is 10.4. The van der Waals surface area contributed by atoms with Crippen molar-refractivity contribution in [2.75, 3.05) is 0 Å². The fraction of sp³-hybridized carbons (Fsp3) is 0.407. The molecule has 0 fully saturated rings. The van der Waals surface area contributed by atoms with Gasteiger partial charge in [-0.1, -0.05) is 114 Å². The summed E-state index contributed by atoms with van der Waals surface area (Å²) in [7, 11) is -2.68. The highest BCUT2D eigenvalue weighted by Gasteiger charge is 2.43. The van der Waals surface area contributed by atoms with Gasteiger partial charge in [0, 0.05) is 5.41 Å². The van der Waals surface area contributed by atoms with Crippen LogP contribution in [-0.4, -0.2) is 16.1 Å². The van der Waals surface area contributed by atoms with Crippen LogP contribution in [-0.2, 0) is 0 Å². The lowest BCUT2D eigenvalue weighted by atomic mass is 9.73. The van der Waals surface area contributed by atoms with E-state index in [9.17, 15) is 0 Å². The Morgan fingerprint density at radius 2 is 0.931 bits per heavy atom. The van der Waals surface area contributed by atoms with Gasteiger partial charge in [-0.15, -0.1) is 0 Å². The largest absolute Gasteiger partial charge is 0.0750 e. The first kappa shape index (κ1) is 20.6. The van der Waals surface area contributed by atoms with Crippen LogP contribution in [0.1, 0.15) is 47.2 Å². The summed E-state index contributed by atoms with van der Waals surface area (Å²) in [4.78, 5) is 0. The van der Waals surface area contributed by atoms with Crippen molar-refractivity contribution in [1.82, 2.24) is 0 Å². The van der Waals surface area contributed by atoms with Gasteiger partial charge in [-0.05, 0) is 44.5 Å². The third kappa shape index (κ3) is 3.35.